The Balaban J connectivity index is 0.000000861. The molecule has 0 atom stereocenters. The fourth-order valence-corrected chi connectivity index (χ4v) is 1.65. The van der Waals surface area contributed by atoms with Crippen molar-refractivity contribution in [2.75, 3.05) is 0 Å². The van der Waals surface area contributed by atoms with Crippen molar-refractivity contribution in [3.05, 3.63) is 65.2 Å². The van der Waals surface area contributed by atoms with E-state index in [1.165, 1.54) is 5.56 Å². The molecule has 0 saturated carbocycles. The van der Waals surface area contributed by atoms with E-state index >= 15 is 0 Å². The zero-order chi connectivity index (χ0) is 14.1. The summed E-state index contributed by atoms with van der Waals surface area (Å²) in [4.78, 5) is 0. The minimum Gasteiger partial charge on any atom is -0.488 e. The molecule has 0 aromatic heterocycles. The van der Waals surface area contributed by atoms with Gasteiger partial charge in [0.25, 0.3) is 0 Å². The molecule has 0 aliphatic carbocycles. The van der Waals surface area contributed by atoms with E-state index < -0.39 is 0 Å². The summed E-state index contributed by atoms with van der Waals surface area (Å²) in [7, 11) is 0. The van der Waals surface area contributed by atoms with Gasteiger partial charge in [0, 0.05) is 0 Å². The van der Waals surface area contributed by atoms with Gasteiger partial charge in [-0.2, -0.15) is 5.26 Å². The van der Waals surface area contributed by atoms with E-state index in [0.29, 0.717) is 17.9 Å². The van der Waals surface area contributed by atoms with Crippen LogP contribution >= 0.6 is 0 Å². The number of para-hydroxylation sites is 1. The van der Waals surface area contributed by atoms with Crippen LogP contribution in [0, 0.1) is 18.3 Å². The quantitative estimate of drug-likeness (QED) is 0.808. The molecule has 2 rings (SSSR count). The number of hydrogen-bond donors (Lipinski definition) is 0. The Bertz CT molecular complexity index is 555. The van der Waals surface area contributed by atoms with Crippen LogP contribution in [0.4, 0.5) is 0 Å². The summed E-state index contributed by atoms with van der Waals surface area (Å²) >= 11 is 0. The van der Waals surface area contributed by atoms with E-state index in [1.807, 2.05) is 57.2 Å². The van der Waals surface area contributed by atoms with Crippen LogP contribution in [0.1, 0.15) is 30.5 Å². The predicted octanol–water partition coefficient (Wildman–Crippen LogP) is 4.47. The highest BCUT2D eigenvalue weighted by atomic mass is 16.5. The van der Waals surface area contributed by atoms with Gasteiger partial charge in [0.2, 0.25) is 0 Å². The highest BCUT2D eigenvalue weighted by Gasteiger charge is 2.01. The second-order valence-electron chi connectivity index (χ2n) is 3.89. The van der Waals surface area contributed by atoms with E-state index in [4.69, 9.17) is 10.00 Å². The maximum absolute atomic E-state index is 8.93. The van der Waals surface area contributed by atoms with Gasteiger partial charge in [0.15, 0.2) is 0 Å². The molecule has 98 valence electrons. The number of nitriles is 1. The SMILES string of the molecule is CC.Cc1cccc(COc2ccccc2C#N)c1. The number of nitrogens with zero attached hydrogens (tertiary/aromatic N) is 1. The second-order valence-corrected chi connectivity index (χ2v) is 3.89. The minimum atomic E-state index is 0.486. The van der Waals surface area contributed by atoms with Gasteiger partial charge in [-0.15, -0.1) is 0 Å². The zero-order valence-corrected chi connectivity index (χ0v) is 11.7. The van der Waals surface area contributed by atoms with E-state index in [1.54, 1.807) is 6.07 Å². The molecule has 0 N–H and O–H groups in total. The summed E-state index contributed by atoms with van der Waals surface area (Å²) in [6.07, 6.45) is 0. The molecule has 0 bridgehead atoms. The monoisotopic (exact) mass is 253 g/mol. The first kappa shape index (κ1) is 14.8. The third-order valence-corrected chi connectivity index (χ3v) is 2.48. The summed E-state index contributed by atoms with van der Waals surface area (Å²) in [6.45, 7) is 6.53. The van der Waals surface area contributed by atoms with Gasteiger partial charge in [-0.3, -0.25) is 0 Å². The third-order valence-electron chi connectivity index (χ3n) is 2.48. The molecule has 0 amide bonds. The average Bonchev–Trinajstić information content (AvgIpc) is 2.47. The Morgan fingerprint density at radius 2 is 1.79 bits per heavy atom. The fraction of sp³-hybridized carbons (Fsp3) is 0.235. The fourth-order valence-electron chi connectivity index (χ4n) is 1.65. The summed E-state index contributed by atoms with van der Waals surface area (Å²) in [5.74, 6) is 0.636. The number of ether oxygens (including phenoxy) is 1. The number of benzene rings is 2. The van der Waals surface area contributed by atoms with Crippen molar-refractivity contribution in [1.29, 1.82) is 5.26 Å². The van der Waals surface area contributed by atoms with E-state index in [2.05, 4.69) is 12.1 Å². The summed E-state index contributed by atoms with van der Waals surface area (Å²) < 4.78 is 5.65. The lowest BCUT2D eigenvalue weighted by Crippen LogP contribution is -1.97. The molecular weight excluding hydrogens is 234 g/mol. The van der Waals surface area contributed by atoms with Crippen LogP contribution in [0.2, 0.25) is 0 Å². The molecule has 0 radical (unpaired) electrons. The molecule has 2 nitrogen and oxygen atoms in total. The molecule has 0 aliphatic heterocycles. The standard InChI is InChI=1S/C15H13NO.C2H6/c1-12-5-4-6-13(9-12)11-17-15-8-3-2-7-14(15)10-16;1-2/h2-9H,11H2,1H3;1-2H3. The van der Waals surface area contributed by atoms with Gasteiger partial charge >= 0.3 is 0 Å². The van der Waals surface area contributed by atoms with Gasteiger partial charge < -0.3 is 4.74 Å². The maximum Gasteiger partial charge on any atom is 0.137 e. The first-order valence-corrected chi connectivity index (χ1v) is 6.47. The molecular formula is C17H19NO. The molecule has 0 saturated heterocycles. The van der Waals surface area contributed by atoms with Gasteiger partial charge in [0.05, 0.1) is 5.56 Å². The first-order chi connectivity index (χ1) is 9.29. The number of aryl methyl sites for hydroxylation is 1. The van der Waals surface area contributed by atoms with Crippen LogP contribution in [0.5, 0.6) is 5.75 Å². The maximum atomic E-state index is 8.93. The van der Waals surface area contributed by atoms with Crippen molar-refractivity contribution in [2.24, 2.45) is 0 Å². The van der Waals surface area contributed by atoms with Crippen LogP contribution in [0.25, 0.3) is 0 Å². The van der Waals surface area contributed by atoms with Crippen LogP contribution in [-0.2, 0) is 6.61 Å². The number of rotatable bonds is 3. The van der Waals surface area contributed by atoms with E-state index in [0.717, 1.165) is 5.56 Å². The summed E-state index contributed by atoms with van der Waals surface area (Å²) in [5.41, 5.74) is 2.89. The highest BCUT2D eigenvalue weighted by Crippen LogP contribution is 2.18. The minimum absolute atomic E-state index is 0.486. The zero-order valence-electron chi connectivity index (χ0n) is 11.7. The number of hydrogen-bond acceptors (Lipinski definition) is 2. The second kappa shape index (κ2) is 7.94. The van der Waals surface area contributed by atoms with Crippen LogP contribution in [0.3, 0.4) is 0 Å². The lowest BCUT2D eigenvalue weighted by molar-refractivity contribution is 0.305. The van der Waals surface area contributed by atoms with Crippen LogP contribution < -0.4 is 4.74 Å². The molecule has 0 aliphatic rings. The largest absolute Gasteiger partial charge is 0.488 e. The lowest BCUT2D eigenvalue weighted by Gasteiger charge is -2.08. The molecule has 19 heavy (non-hydrogen) atoms. The Kier molecular flexibility index (Phi) is 6.18. The van der Waals surface area contributed by atoms with E-state index in [-0.39, 0.29) is 0 Å². The first-order valence-electron chi connectivity index (χ1n) is 6.47. The molecule has 0 spiro atoms. The smallest absolute Gasteiger partial charge is 0.137 e. The van der Waals surface area contributed by atoms with E-state index in [9.17, 15) is 0 Å². The molecule has 0 unspecified atom stereocenters. The van der Waals surface area contributed by atoms with Crippen molar-refractivity contribution in [1.82, 2.24) is 0 Å². The van der Waals surface area contributed by atoms with Crippen molar-refractivity contribution < 1.29 is 4.74 Å². The van der Waals surface area contributed by atoms with Crippen LogP contribution in [0.15, 0.2) is 48.5 Å². The normalized spacial score (nSPS) is 8.95. The molecule has 2 heteroatoms. The van der Waals surface area contributed by atoms with Gasteiger partial charge in [-0.05, 0) is 24.6 Å². The van der Waals surface area contributed by atoms with Crippen LogP contribution in [-0.4, -0.2) is 0 Å². The topological polar surface area (TPSA) is 33.0 Å². The Morgan fingerprint density at radius 1 is 1.05 bits per heavy atom. The Hall–Kier alpha value is -2.27. The lowest BCUT2D eigenvalue weighted by atomic mass is 10.1. The van der Waals surface area contributed by atoms with Crippen molar-refractivity contribution in [3.63, 3.8) is 0 Å². The van der Waals surface area contributed by atoms with Gasteiger partial charge in [0.1, 0.15) is 18.4 Å². The van der Waals surface area contributed by atoms with Crippen molar-refractivity contribution in [2.45, 2.75) is 27.4 Å². The third kappa shape index (κ3) is 4.48. The summed E-state index contributed by atoms with van der Waals surface area (Å²) in [5, 5.41) is 8.93. The molecule has 2 aromatic carbocycles. The predicted molar refractivity (Wildman–Crippen MR) is 78.0 cm³/mol. The van der Waals surface area contributed by atoms with Crippen molar-refractivity contribution >= 4 is 0 Å². The van der Waals surface area contributed by atoms with Gasteiger partial charge in [-0.1, -0.05) is 55.8 Å². The van der Waals surface area contributed by atoms with Crippen molar-refractivity contribution in [3.8, 4) is 11.8 Å². The summed E-state index contributed by atoms with van der Waals surface area (Å²) in [6, 6.07) is 17.5. The van der Waals surface area contributed by atoms with Gasteiger partial charge in [-0.25, -0.2) is 0 Å². The Morgan fingerprint density at radius 3 is 2.47 bits per heavy atom. The average molecular weight is 253 g/mol. The molecule has 2 aromatic rings. The molecule has 0 fully saturated rings. The highest BCUT2D eigenvalue weighted by molar-refractivity contribution is 5.42. The molecule has 0 heterocycles. The Labute approximate surface area is 115 Å².